The molecule has 7 N–H and O–H groups in total. The van der Waals surface area contributed by atoms with Crippen LogP contribution in [0, 0.1) is 0 Å². The maximum absolute atomic E-state index is 11.0. The first-order valence-corrected chi connectivity index (χ1v) is 10.2. The summed E-state index contributed by atoms with van der Waals surface area (Å²) in [7, 11) is 0. The fourth-order valence-electron chi connectivity index (χ4n) is 3.51. The SMILES string of the molecule is O=COC1=C[C@H](O)C(O)[C@H](O[C@@H]2C(OC=O)O[C@@H](O[C@@H]3C(OC=O)O[C@@H](O)C(O)[C@H]3O)C(O)C2O)O1. The maximum Gasteiger partial charge on any atom is 0.300 e. The van der Waals surface area contributed by atoms with Crippen LogP contribution in [0.4, 0.5) is 0 Å². The van der Waals surface area contributed by atoms with E-state index >= 15 is 0 Å². The van der Waals surface area contributed by atoms with E-state index in [2.05, 4.69) is 9.47 Å². The van der Waals surface area contributed by atoms with Gasteiger partial charge in [-0.2, -0.15) is 0 Å². The van der Waals surface area contributed by atoms with Gasteiger partial charge in [-0.05, 0) is 0 Å². The zero-order valence-corrected chi connectivity index (χ0v) is 17.9. The van der Waals surface area contributed by atoms with Crippen molar-refractivity contribution < 1.29 is 88.0 Å². The summed E-state index contributed by atoms with van der Waals surface area (Å²) in [5, 5.41) is 70.8. The standard InChI is InChI=1S/C18H24O18/c19-2-29-6-1-5(22)7(23)15(32-6)33-13-9(25)11(27)16(36-18(13)31-4-21)34-12-8(24)10(26)14(28)35-17(12)30-3-20/h1-5,7-18,22-28H/t5-,7?,8+,9?,10?,11?,12-,13-,14+,15-,16+,17?,18?/m0/s1. The Morgan fingerprint density at radius 3 is 1.78 bits per heavy atom. The molecule has 204 valence electrons. The van der Waals surface area contributed by atoms with Gasteiger partial charge in [0.1, 0.15) is 36.6 Å². The Hall–Kier alpha value is -2.49. The first-order chi connectivity index (χ1) is 17.1. The third kappa shape index (κ3) is 5.90. The summed E-state index contributed by atoms with van der Waals surface area (Å²) in [6.45, 7) is -0.293. The number of hydrogen-bond acceptors (Lipinski definition) is 18. The molecule has 3 heterocycles. The van der Waals surface area contributed by atoms with E-state index in [9.17, 15) is 50.1 Å². The van der Waals surface area contributed by atoms with Crippen molar-refractivity contribution in [1.82, 2.24) is 0 Å². The van der Waals surface area contributed by atoms with Gasteiger partial charge in [0, 0.05) is 6.08 Å². The van der Waals surface area contributed by atoms with Gasteiger partial charge in [0.15, 0.2) is 24.8 Å². The Balaban J connectivity index is 1.76. The predicted molar refractivity (Wildman–Crippen MR) is 99.7 cm³/mol. The molecular formula is C18H24O18. The molecule has 6 unspecified atom stereocenters. The molecule has 36 heavy (non-hydrogen) atoms. The highest BCUT2D eigenvalue weighted by molar-refractivity contribution is 5.39. The van der Waals surface area contributed by atoms with Crippen LogP contribution in [0.25, 0.3) is 0 Å². The lowest BCUT2D eigenvalue weighted by atomic mass is 10.0. The van der Waals surface area contributed by atoms with Gasteiger partial charge in [-0.25, -0.2) is 0 Å². The molecule has 0 aromatic heterocycles. The van der Waals surface area contributed by atoms with Gasteiger partial charge in [-0.1, -0.05) is 0 Å². The molecule has 0 aromatic carbocycles. The van der Waals surface area contributed by atoms with Crippen molar-refractivity contribution in [3.8, 4) is 0 Å². The van der Waals surface area contributed by atoms with Crippen molar-refractivity contribution in [3.05, 3.63) is 12.0 Å². The molecule has 0 amide bonds. The van der Waals surface area contributed by atoms with Gasteiger partial charge in [-0.3, -0.25) is 14.4 Å². The molecular weight excluding hydrogens is 504 g/mol. The second kappa shape index (κ2) is 12.2. The Labute approximate surface area is 200 Å². The Kier molecular flexibility index (Phi) is 9.49. The molecule has 0 aromatic rings. The number of aliphatic hydroxyl groups excluding tert-OH is 7. The zero-order valence-electron chi connectivity index (χ0n) is 17.9. The molecule has 3 rings (SSSR count). The van der Waals surface area contributed by atoms with Gasteiger partial charge in [0.2, 0.25) is 18.9 Å². The maximum atomic E-state index is 11.0. The molecule has 0 saturated carbocycles. The molecule has 18 nitrogen and oxygen atoms in total. The smallest absolute Gasteiger partial charge is 0.300 e. The average molecular weight is 528 g/mol. The van der Waals surface area contributed by atoms with E-state index < -0.39 is 86.2 Å². The normalized spacial score (nSPS) is 45.0. The molecule has 3 aliphatic rings. The van der Waals surface area contributed by atoms with Crippen LogP contribution in [-0.4, -0.2) is 135 Å². The van der Waals surface area contributed by atoms with Crippen LogP contribution >= 0.6 is 0 Å². The number of ether oxygens (including phenoxy) is 8. The molecule has 13 atom stereocenters. The first-order valence-electron chi connectivity index (χ1n) is 10.2. The largest absolute Gasteiger partial charge is 0.435 e. The third-order valence-corrected chi connectivity index (χ3v) is 5.32. The van der Waals surface area contributed by atoms with E-state index in [0.29, 0.717) is 0 Å². The van der Waals surface area contributed by atoms with Crippen molar-refractivity contribution in [1.29, 1.82) is 0 Å². The minimum Gasteiger partial charge on any atom is -0.435 e. The molecule has 0 aliphatic carbocycles. The van der Waals surface area contributed by atoms with E-state index in [-0.39, 0.29) is 19.4 Å². The highest BCUT2D eigenvalue weighted by Crippen LogP contribution is 2.32. The lowest BCUT2D eigenvalue weighted by molar-refractivity contribution is -0.401. The van der Waals surface area contributed by atoms with Crippen LogP contribution in [0.5, 0.6) is 0 Å². The Morgan fingerprint density at radius 1 is 0.639 bits per heavy atom. The fourth-order valence-corrected chi connectivity index (χ4v) is 3.51. The summed E-state index contributed by atoms with van der Waals surface area (Å²) in [6.07, 6.45) is -23.7. The summed E-state index contributed by atoms with van der Waals surface area (Å²) in [4.78, 5) is 32.3. The second-order valence-corrected chi connectivity index (χ2v) is 7.56. The van der Waals surface area contributed by atoms with Crippen LogP contribution in [-0.2, 0) is 52.3 Å². The quantitative estimate of drug-likeness (QED) is 0.103. The molecule has 0 spiro atoms. The monoisotopic (exact) mass is 528 g/mol. The highest BCUT2D eigenvalue weighted by atomic mass is 16.8. The molecule has 0 radical (unpaired) electrons. The average Bonchev–Trinajstić information content (AvgIpc) is 2.84. The third-order valence-electron chi connectivity index (χ3n) is 5.32. The van der Waals surface area contributed by atoms with Crippen molar-refractivity contribution in [2.24, 2.45) is 0 Å². The van der Waals surface area contributed by atoms with Crippen LogP contribution in [0.15, 0.2) is 12.0 Å². The van der Waals surface area contributed by atoms with Crippen LogP contribution < -0.4 is 0 Å². The summed E-state index contributed by atoms with van der Waals surface area (Å²) >= 11 is 0. The molecule has 18 heteroatoms. The van der Waals surface area contributed by atoms with Crippen LogP contribution in [0.1, 0.15) is 0 Å². The minimum atomic E-state index is -2.05. The van der Waals surface area contributed by atoms with E-state index in [1.54, 1.807) is 0 Å². The van der Waals surface area contributed by atoms with Crippen molar-refractivity contribution in [2.75, 3.05) is 0 Å². The summed E-state index contributed by atoms with van der Waals surface area (Å²) < 4.78 is 39.5. The van der Waals surface area contributed by atoms with Gasteiger partial charge in [0.05, 0.1) is 0 Å². The van der Waals surface area contributed by atoms with Crippen molar-refractivity contribution >= 4 is 19.4 Å². The fraction of sp³-hybridized carbons (Fsp3) is 0.722. The minimum absolute atomic E-state index is 0.0448. The molecule has 2 saturated heterocycles. The summed E-state index contributed by atoms with van der Waals surface area (Å²) in [5.41, 5.74) is 0. The highest BCUT2D eigenvalue weighted by Gasteiger charge is 2.53. The van der Waals surface area contributed by atoms with Gasteiger partial charge in [0.25, 0.3) is 18.9 Å². The Morgan fingerprint density at radius 2 is 1.19 bits per heavy atom. The number of aliphatic hydroxyl groups is 7. The summed E-state index contributed by atoms with van der Waals surface area (Å²) in [5.74, 6) is -0.568. The number of carbonyl (C=O) groups excluding carboxylic acids is 3. The Bertz CT molecular complexity index is 792. The van der Waals surface area contributed by atoms with Crippen molar-refractivity contribution in [3.63, 3.8) is 0 Å². The molecule has 0 bridgehead atoms. The van der Waals surface area contributed by atoms with Crippen LogP contribution in [0.2, 0.25) is 0 Å². The van der Waals surface area contributed by atoms with E-state index in [0.717, 1.165) is 6.08 Å². The number of hydrogen-bond donors (Lipinski definition) is 7. The van der Waals surface area contributed by atoms with E-state index in [4.69, 9.17) is 28.4 Å². The number of rotatable bonds is 10. The number of carbonyl (C=O) groups is 3. The molecule has 2 fully saturated rings. The van der Waals surface area contributed by atoms with E-state index in [1.165, 1.54) is 0 Å². The lowest BCUT2D eigenvalue weighted by Gasteiger charge is -2.45. The summed E-state index contributed by atoms with van der Waals surface area (Å²) in [6, 6.07) is 0. The van der Waals surface area contributed by atoms with Gasteiger partial charge in [-0.15, -0.1) is 0 Å². The van der Waals surface area contributed by atoms with Crippen LogP contribution in [0.3, 0.4) is 0 Å². The van der Waals surface area contributed by atoms with E-state index in [1.807, 2.05) is 0 Å². The zero-order chi connectivity index (χ0) is 26.6. The predicted octanol–water partition coefficient (Wildman–Crippen LogP) is -6.00. The van der Waals surface area contributed by atoms with Gasteiger partial charge >= 0.3 is 6.47 Å². The second-order valence-electron chi connectivity index (χ2n) is 7.56. The van der Waals surface area contributed by atoms with Gasteiger partial charge < -0.3 is 73.6 Å². The lowest BCUT2D eigenvalue weighted by Crippen LogP contribution is -2.65. The first kappa shape index (κ1) is 28.1. The van der Waals surface area contributed by atoms with Crippen molar-refractivity contribution in [2.45, 2.75) is 80.3 Å². The molecule has 3 aliphatic heterocycles. The topological polar surface area (TPSA) is 267 Å².